The highest BCUT2D eigenvalue weighted by Crippen LogP contribution is 2.25. The zero-order valence-electron chi connectivity index (χ0n) is 24.1. The van der Waals surface area contributed by atoms with Crippen LogP contribution in [0.3, 0.4) is 0 Å². The highest BCUT2D eigenvalue weighted by molar-refractivity contribution is 4.62. The van der Waals surface area contributed by atoms with E-state index in [2.05, 4.69) is 20.8 Å². The standard InChI is InChI=1S/C33H68/c1-4-7-10-13-15-17-19-21-23-25-28-31-33(30-27-12-9-6-3)32-29-26-24-22-20-18-16-14-11-8-5-2/h33H,4-32H2,1-3H3. The van der Waals surface area contributed by atoms with Gasteiger partial charge in [0.05, 0.1) is 0 Å². The lowest BCUT2D eigenvalue weighted by atomic mass is 9.89. The zero-order chi connectivity index (χ0) is 24.1. The summed E-state index contributed by atoms with van der Waals surface area (Å²) in [5, 5.41) is 0. The van der Waals surface area contributed by atoms with Gasteiger partial charge in [0, 0.05) is 0 Å². The third-order valence-electron chi connectivity index (χ3n) is 7.90. The fraction of sp³-hybridized carbons (Fsp3) is 1.00. The summed E-state index contributed by atoms with van der Waals surface area (Å²) in [7, 11) is 0. The van der Waals surface area contributed by atoms with E-state index in [0.717, 1.165) is 5.92 Å². The topological polar surface area (TPSA) is 0 Å². The number of unbranched alkanes of at least 4 members (excludes halogenated alkanes) is 23. The van der Waals surface area contributed by atoms with Crippen LogP contribution in [0.2, 0.25) is 0 Å². The summed E-state index contributed by atoms with van der Waals surface area (Å²) in [4.78, 5) is 0. The fourth-order valence-electron chi connectivity index (χ4n) is 5.49. The fourth-order valence-corrected chi connectivity index (χ4v) is 5.49. The second kappa shape index (κ2) is 30.0. The third kappa shape index (κ3) is 28.1. The summed E-state index contributed by atoms with van der Waals surface area (Å²) in [6, 6.07) is 0. The van der Waals surface area contributed by atoms with Gasteiger partial charge in [0.2, 0.25) is 0 Å². The molecule has 0 N–H and O–H groups in total. The highest BCUT2D eigenvalue weighted by Gasteiger charge is 2.08. The molecule has 200 valence electrons. The summed E-state index contributed by atoms with van der Waals surface area (Å²) in [6.45, 7) is 6.97. The van der Waals surface area contributed by atoms with E-state index in [9.17, 15) is 0 Å². The molecule has 0 aliphatic heterocycles. The van der Waals surface area contributed by atoms with Crippen LogP contribution in [0.5, 0.6) is 0 Å². The van der Waals surface area contributed by atoms with Gasteiger partial charge in [-0.1, -0.05) is 207 Å². The van der Waals surface area contributed by atoms with E-state index in [0.29, 0.717) is 0 Å². The van der Waals surface area contributed by atoms with Crippen molar-refractivity contribution in [2.45, 2.75) is 207 Å². The Kier molecular flexibility index (Phi) is 30.0. The van der Waals surface area contributed by atoms with Gasteiger partial charge in [-0.05, 0) is 5.92 Å². The maximum Gasteiger partial charge on any atom is -0.0414 e. The Morgan fingerprint density at radius 2 is 0.424 bits per heavy atom. The van der Waals surface area contributed by atoms with Crippen LogP contribution in [0.25, 0.3) is 0 Å². The van der Waals surface area contributed by atoms with Gasteiger partial charge >= 0.3 is 0 Å². The molecule has 0 atom stereocenters. The molecule has 0 aliphatic carbocycles. The quantitative estimate of drug-likeness (QED) is 0.0965. The highest BCUT2D eigenvalue weighted by atomic mass is 14.1. The molecule has 0 heterocycles. The van der Waals surface area contributed by atoms with Gasteiger partial charge in [-0.2, -0.15) is 0 Å². The molecule has 0 nitrogen and oxygen atoms in total. The van der Waals surface area contributed by atoms with Crippen molar-refractivity contribution in [2.24, 2.45) is 5.92 Å². The molecule has 0 aromatic rings. The molecule has 0 bridgehead atoms. The molecule has 0 aromatic carbocycles. The van der Waals surface area contributed by atoms with Crippen LogP contribution >= 0.6 is 0 Å². The van der Waals surface area contributed by atoms with E-state index < -0.39 is 0 Å². The van der Waals surface area contributed by atoms with Crippen molar-refractivity contribution >= 4 is 0 Å². The van der Waals surface area contributed by atoms with Gasteiger partial charge in [0.15, 0.2) is 0 Å². The van der Waals surface area contributed by atoms with Crippen molar-refractivity contribution in [3.63, 3.8) is 0 Å². The Labute approximate surface area is 212 Å². The summed E-state index contributed by atoms with van der Waals surface area (Å²) >= 11 is 0. The van der Waals surface area contributed by atoms with E-state index in [4.69, 9.17) is 0 Å². The second-order valence-electron chi connectivity index (χ2n) is 11.4. The Morgan fingerprint density at radius 1 is 0.242 bits per heavy atom. The van der Waals surface area contributed by atoms with Crippen LogP contribution in [-0.2, 0) is 0 Å². The molecule has 0 radical (unpaired) electrons. The Morgan fingerprint density at radius 3 is 0.667 bits per heavy atom. The molecule has 0 heteroatoms. The maximum atomic E-state index is 2.34. The molecule has 0 aromatic heterocycles. The monoisotopic (exact) mass is 465 g/mol. The largest absolute Gasteiger partial charge is 0.0654 e. The predicted molar refractivity (Wildman–Crippen MR) is 154 cm³/mol. The average Bonchev–Trinajstić information content (AvgIpc) is 2.83. The lowest BCUT2D eigenvalue weighted by Crippen LogP contribution is -2.01. The Bertz CT molecular complexity index is 294. The molecule has 0 fully saturated rings. The summed E-state index contributed by atoms with van der Waals surface area (Å²) in [6.07, 6.45) is 42.8. The first-order valence-corrected chi connectivity index (χ1v) is 16.3. The number of rotatable bonds is 29. The van der Waals surface area contributed by atoms with Crippen molar-refractivity contribution in [3.8, 4) is 0 Å². The van der Waals surface area contributed by atoms with Crippen LogP contribution in [-0.4, -0.2) is 0 Å². The van der Waals surface area contributed by atoms with Crippen molar-refractivity contribution in [1.29, 1.82) is 0 Å². The molecule has 0 saturated heterocycles. The van der Waals surface area contributed by atoms with Gasteiger partial charge in [0.25, 0.3) is 0 Å². The molecule has 33 heavy (non-hydrogen) atoms. The van der Waals surface area contributed by atoms with Crippen molar-refractivity contribution in [2.75, 3.05) is 0 Å². The third-order valence-corrected chi connectivity index (χ3v) is 7.90. The van der Waals surface area contributed by atoms with Crippen LogP contribution in [0.15, 0.2) is 0 Å². The Hall–Kier alpha value is 0. The van der Waals surface area contributed by atoms with Gasteiger partial charge in [0.1, 0.15) is 0 Å². The van der Waals surface area contributed by atoms with Crippen LogP contribution in [0.1, 0.15) is 207 Å². The molecule has 0 rings (SSSR count). The molecule has 0 saturated carbocycles. The SMILES string of the molecule is CCCCCCCCCCCCCC(CCCCCC)CCCCCCCCCCCCC. The average molecular weight is 465 g/mol. The molecular weight excluding hydrogens is 396 g/mol. The maximum absolute atomic E-state index is 2.34. The first-order chi connectivity index (χ1) is 16.3. The first-order valence-electron chi connectivity index (χ1n) is 16.3. The van der Waals surface area contributed by atoms with Gasteiger partial charge in [-0.3, -0.25) is 0 Å². The van der Waals surface area contributed by atoms with Crippen molar-refractivity contribution < 1.29 is 0 Å². The molecule has 0 unspecified atom stereocenters. The van der Waals surface area contributed by atoms with E-state index >= 15 is 0 Å². The van der Waals surface area contributed by atoms with Gasteiger partial charge in [-0.15, -0.1) is 0 Å². The van der Waals surface area contributed by atoms with Crippen LogP contribution in [0.4, 0.5) is 0 Å². The Balaban J connectivity index is 3.67. The van der Waals surface area contributed by atoms with E-state index in [-0.39, 0.29) is 0 Å². The van der Waals surface area contributed by atoms with Crippen molar-refractivity contribution in [3.05, 3.63) is 0 Å². The summed E-state index contributed by atoms with van der Waals surface area (Å²) in [5.41, 5.74) is 0. The number of hydrogen-bond donors (Lipinski definition) is 0. The van der Waals surface area contributed by atoms with Crippen LogP contribution in [0, 0.1) is 5.92 Å². The summed E-state index contributed by atoms with van der Waals surface area (Å²) < 4.78 is 0. The van der Waals surface area contributed by atoms with Crippen molar-refractivity contribution in [1.82, 2.24) is 0 Å². The lowest BCUT2D eigenvalue weighted by molar-refractivity contribution is 0.366. The minimum absolute atomic E-state index is 1.04. The number of hydrogen-bond acceptors (Lipinski definition) is 0. The van der Waals surface area contributed by atoms with Gasteiger partial charge in [-0.25, -0.2) is 0 Å². The van der Waals surface area contributed by atoms with E-state index in [1.165, 1.54) is 186 Å². The van der Waals surface area contributed by atoms with Gasteiger partial charge < -0.3 is 0 Å². The minimum atomic E-state index is 1.04. The molecule has 0 amide bonds. The molecule has 0 aliphatic rings. The second-order valence-corrected chi connectivity index (χ2v) is 11.4. The normalized spacial score (nSPS) is 11.6. The van der Waals surface area contributed by atoms with Crippen LogP contribution < -0.4 is 0 Å². The minimum Gasteiger partial charge on any atom is -0.0654 e. The summed E-state index contributed by atoms with van der Waals surface area (Å²) in [5.74, 6) is 1.04. The zero-order valence-corrected chi connectivity index (χ0v) is 24.1. The predicted octanol–water partition coefficient (Wildman–Crippen LogP) is 13.0. The molecule has 0 spiro atoms. The van der Waals surface area contributed by atoms with E-state index in [1.807, 2.05) is 0 Å². The molecular formula is C33H68. The lowest BCUT2D eigenvalue weighted by Gasteiger charge is -2.17. The first kappa shape index (κ1) is 33.0. The van der Waals surface area contributed by atoms with E-state index in [1.54, 1.807) is 0 Å². The smallest absolute Gasteiger partial charge is 0.0414 e.